The van der Waals surface area contributed by atoms with Crippen LogP contribution in [-0.2, 0) is 11.2 Å². The SMILES string of the molecule is CN(C(=O)c1ccc(NC(=O)C(Cc2ccccc2)NC(=O)c2ccco2)cc1)C1CCCCC1. The fourth-order valence-corrected chi connectivity index (χ4v) is 4.46. The molecule has 7 nitrogen and oxygen atoms in total. The van der Waals surface area contributed by atoms with Crippen molar-refractivity contribution in [3.8, 4) is 0 Å². The lowest BCUT2D eigenvalue weighted by atomic mass is 9.94. The van der Waals surface area contributed by atoms with Gasteiger partial charge in [-0.15, -0.1) is 0 Å². The summed E-state index contributed by atoms with van der Waals surface area (Å²) in [5.74, 6) is -0.687. The molecule has 0 saturated heterocycles. The third kappa shape index (κ3) is 6.38. The highest BCUT2D eigenvalue weighted by atomic mass is 16.3. The van der Waals surface area contributed by atoms with Gasteiger partial charge in [-0.2, -0.15) is 0 Å². The van der Waals surface area contributed by atoms with E-state index in [1.807, 2.05) is 42.3 Å². The third-order valence-electron chi connectivity index (χ3n) is 6.49. The molecule has 1 aliphatic carbocycles. The fourth-order valence-electron chi connectivity index (χ4n) is 4.46. The highest BCUT2D eigenvalue weighted by molar-refractivity contribution is 6.01. The molecule has 7 heteroatoms. The summed E-state index contributed by atoms with van der Waals surface area (Å²) in [6.45, 7) is 0. The van der Waals surface area contributed by atoms with E-state index in [-0.39, 0.29) is 23.6 Å². The molecule has 1 aromatic heterocycles. The molecule has 0 aliphatic heterocycles. The fraction of sp³-hybridized carbons (Fsp3) is 0.321. The van der Waals surface area contributed by atoms with Crippen LogP contribution in [-0.4, -0.2) is 41.8 Å². The molecule has 0 spiro atoms. The van der Waals surface area contributed by atoms with Gasteiger partial charge in [-0.1, -0.05) is 49.6 Å². The van der Waals surface area contributed by atoms with Gasteiger partial charge in [0.2, 0.25) is 5.91 Å². The summed E-state index contributed by atoms with van der Waals surface area (Å²) in [6, 6.07) is 19.0. The number of carbonyl (C=O) groups is 3. The number of benzene rings is 2. The first-order valence-corrected chi connectivity index (χ1v) is 12.1. The Labute approximate surface area is 205 Å². The van der Waals surface area contributed by atoms with E-state index in [2.05, 4.69) is 10.6 Å². The Hall–Kier alpha value is -3.87. The molecule has 182 valence electrons. The molecule has 1 aliphatic rings. The zero-order chi connectivity index (χ0) is 24.6. The van der Waals surface area contributed by atoms with Crippen LogP contribution >= 0.6 is 0 Å². The predicted octanol–water partition coefficient (Wildman–Crippen LogP) is 4.66. The Bertz CT molecular complexity index is 1120. The molecule has 2 N–H and O–H groups in total. The van der Waals surface area contributed by atoms with Gasteiger partial charge in [-0.25, -0.2) is 0 Å². The van der Waals surface area contributed by atoms with E-state index in [1.165, 1.54) is 12.7 Å². The Morgan fingerprint density at radius 3 is 2.31 bits per heavy atom. The molecular formula is C28H31N3O4. The van der Waals surface area contributed by atoms with Gasteiger partial charge in [0.1, 0.15) is 6.04 Å². The van der Waals surface area contributed by atoms with E-state index in [0.717, 1.165) is 31.2 Å². The van der Waals surface area contributed by atoms with Gasteiger partial charge in [0, 0.05) is 30.8 Å². The number of furan rings is 1. The molecule has 1 heterocycles. The van der Waals surface area contributed by atoms with Crippen LogP contribution in [0.15, 0.2) is 77.4 Å². The van der Waals surface area contributed by atoms with Crippen molar-refractivity contribution in [3.05, 3.63) is 89.9 Å². The number of amides is 3. The van der Waals surface area contributed by atoms with E-state index in [4.69, 9.17) is 4.42 Å². The molecule has 1 saturated carbocycles. The van der Waals surface area contributed by atoms with E-state index >= 15 is 0 Å². The molecule has 2 aromatic carbocycles. The van der Waals surface area contributed by atoms with Gasteiger partial charge in [-0.3, -0.25) is 14.4 Å². The number of nitrogens with one attached hydrogen (secondary N) is 2. The Morgan fingerprint density at radius 1 is 0.943 bits per heavy atom. The normalized spacial score (nSPS) is 14.7. The Balaban J connectivity index is 1.42. The Morgan fingerprint density at radius 2 is 1.66 bits per heavy atom. The van der Waals surface area contributed by atoms with Gasteiger partial charge in [-0.05, 0) is 54.8 Å². The summed E-state index contributed by atoms with van der Waals surface area (Å²) in [7, 11) is 1.86. The first-order valence-electron chi connectivity index (χ1n) is 12.1. The van der Waals surface area contributed by atoms with Crippen LogP contribution in [0.25, 0.3) is 0 Å². The topological polar surface area (TPSA) is 91.7 Å². The van der Waals surface area contributed by atoms with E-state index in [9.17, 15) is 14.4 Å². The van der Waals surface area contributed by atoms with Gasteiger partial charge >= 0.3 is 0 Å². The monoisotopic (exact) mass is 473 g/mol. The van der Waals surface area contributed by atoms with Crippen molar-refractivity contribution in [1.82, 2.24) is 10.2 Å². The van der Waals surface area contributed by atoms with E-state index in [0.29, 0.717) is 17.7 Å². The zero-order valence-electron chi connectivity index (χ0n) is 19.9. The van der Waals surface area contributed by atoms with Gasteiger partial charge in [0.05, 0.1) is 6.26 Å². The third-order valence-corrected chi connectivity index (χ3v) is 6.49. The molecular weight excluding hydrogens is 442 g/mol. The van der Waals surface area contributed by atoms with Crippen molar-refractivity contribution < 1.29 is 18.8 Å². The maximum absolute atomic E-state index is 13.1. The van der Waals surface area contributed by atoms with Crippen molar-refractivity contribution in [1.29, 1.82) is 0 Å². The van der Waals surface area contributed by atoms with Crippen molar-refractivity contribution in [2.24, 2.45) is 0 Å². The van der Waals surface area contributed by atoms with Crippen LogP contribution in [0.5, 0.6) is 0 Å². The minimum Gasteiger partial charge on any atom is -0.459 e. The molecule has 1 fully saturated rings. The number of hydrogen-bond donors (Lipinski definition) is 2. The van der Waals surface area contributed by atoms with Crippen LogP contribution in [0.2, 0.25) is 0 Å². The minimum absolute atomic E-state index is 0.0116. The largest absolute Gasteiger partial charge is 0.459 e. The molecule has 0 radical (unpaired) electrons. The molecule has 3 amide bonds. The summed E-state index contributed by atoms with van der Waals surface area (Å²) in [5, 5.41) is 5.63. The number of hydrogen-bond acceptors (Lipinski definition) is 4. The first kappa shape index (κ1) is 24.3. The van der Waals surface area contributed by atoms with Gasteiger partial charge in [0.15, 0.2) is 5.76 Å². The number of rotatable bonds is 8. The first-order chi connectivity index (χ1) is 17.0. The summed E-state index contributed by atoms with van der Waals surface area (Å²) in [5.41, 5.74) is 2.05. The van der Waals surface area contributed by atoms with Gasteiger partial charge in [0.25, 0.3) is 11.8 Å². The minimum atomic E-state index is -0.811. The maximum Gasteiger partial charge on any atom is 0.287 e. The summed E-state index contributed by atoms with van der Waals surface area (Å²) < 4.78 is 5.16. The summed E-state index contributed by atoms with van der Waals surface area (Å²) >= 11 is 0. The zero-order valence-corrected chi connectivity index (χ0v) is 19.9. The van der Waals surface area contributed by atoms with Crippen LogP contribution in [0.3, 0.4) is 0 Å². The highest BCUT2D eigenvalue weighted by Crippen LogP contribution is 2.23. The smallest absolute Gasteiger partial charge is 0.287 e. The average Bonchev–Trinajstić information content (AvgIpc) is 3.44. The van der Waals surface area contributed by atoms with Crippen LogP contribution in [0.1, 0.15) is 58.6 Å². The number of nitrogens with zero attached hydrogens (tertiary/aromatic N) is 1. The molecule has 1 unspecified atom stereocenters. The number of carbonyl (C=O) groups excluding carboxylic acids is 3. The van der Waals surface area contributed by atoms with Crippen molar-refractivity contribution in [2.45, 2.75) is 50.6 Å². The molecule has 0 bridgehead atoms. The molecule has 1 atom stereocenters. The number of anilines is 1. The second-order valence-electron chi connectivity index (χ2n) is 8.97. The second kappa shape index (κ2) is 11.5. The van der Waals surface area contributed by atoms with Crippen molar-refractivity contribution >= 4 is 23.4 Å². The summed E-state index contributed by atoms with van der Waals surface area (Å²) in [6.07, 6.45) is 7.38. The lowest BCUT2D eigenvalue weighted by molar-refractivity contribution is -0.118. The quantitative estimate of drug-likeness (QED) is 0.498. The van der Waals surface area contributed by atoms with Crippen LogP contribution in [0.4, 0.5) is 5.69 Å². The standard InChI is InChI=1S/C28H31N3O4/c1-31(23-11-6-3-7-12-23)28(34)21-14-16-22(17-15-21)29-26(32)24(19-20-9-4-2-5-10-20)30-27(33)25-13-8-18-35-25/h2,4-5,8-10,13-18,23-24H,3,6-7,11-12,19H2,1H3,(H,29,32)(H,30,33). The lowest BCUT2D eigenvalue weighted by Crippen LogP contribution is -2.45. The van der Waals surface area contributed by atoms with Crippen LogP contribution < -0.4 is 10.6 Å². The average molecular weight is 474 g/mol. The van der Waals surface area contributed by atoms with Crippen LogP contribution in [0, 0.1) is 0 Å². The summed E-state index contributed by atoms with van der Waals surface area (Å²) in [4.78, 5) is 40.4. The maximum atomic E-state index is 13.1. The Kier molecular flexibility index (Phi) is 7.98. The molecule has 35 heavy (non-hydrogen) atoms. The van der Waals surface area contributed by atoms with E-state index in [1.54, 1.807) is 36.4 Å². The molecule has 4 rings (SSSR count). The van der Waals surface area contributed by atoms with Gasteiger partial charge < -0.3 is 20.0 Å². The second-order valence-corrected chi connectivity index (χ2v) is 8.97. The van der Waals surface area contributed by atoms with Crippen molar-refractivity contribution in [3.63, 3.8) is 0 Å². The van der Waals surface area contributed by atoms with E-state index < -0.39 is 11.9 Å². The predicted molar refractivity (Wildman–Crippen MR) is 134 cm³/mol. The molecule has 3 aromatic rings. The van der Waals surface area contributed by atoms with Crippen molar-refractivity contribution in [2.75, 3.05) is 12.4 Å². The highest BCUT2D eigenvalue weighted by Gasteiger charge is 2.25. The lowest BCUT2D eigenvalue weighted by Gasteiger charge is -2.31.